The number of amides is 2. The van der Waals surface area contributed by atoms with E-state index in [9.17, 15) is 14.4 Å². The van der Waals surface area contributed by atoms with Crippen LogP contribution < -0.4 is 0 Å². The van der Waals surface area contributed by atoms with Crippen LogP contribution in [0.15, 0.2) is 53.9 Å². The van der Waals surface area contributed by atoms with Crippen LogP contribution in [0.25, 0.3) is 10.1 Å². The van der Waals surface area contributed by atoms with Crippen molar-refractivity contribution in [2.75, 3.05) is 13.1 Å². The summed E-state index contributed by atoms with van der Waals surface area (Å²) >= 11 is 7.51. The maximum absolute atomic E-state index is 13.7. The number of aliphatic carboxylic acids is 1. The van der Waals surface area contributed by atoms with Crippen LogP contribution in [0.2, 0.25) is 5.02 Å². The third kappa shape index (κ3) is 4.75. The number of hydrogen-bond acceptors (Lipinski definition) is 4. The molecule has 1 fully saturated rings. The van der Waals surface area contributed by atoms with Crippen molar-refractivity contribution in [2.24, 2.45) is 0 Å². The second kappa shape index (κ2) is 9.53. The standard InChI is InChI=1S/C25H25ClN2O4S/c1-25(12-14-28(25)23(31)20-16-33-21-6-3-2-5-19(20)21)24(32)27(13-4-7-22(29)30)15-17-8-10-18(26)11-9-17/h2-3,5-6,8-11,16H,4,7,12-15H2,1H3,(H,29,30). The predicted molar refractivity (Wildman–Crippen MR) is 130 cm³/mol. The van der Waals surface area contributed by atoms with Crippen molar-refractivity contribution < 1.29 is 19.5 Å². The Labute approximate surface area is 201 Å². The molecule has 0 saturated carbocycles. The molecule has 33 heavy (non-hydrogen) atoms. The summed E-state index contributed by atoms with van der Waals surface area (Å²) in [5.41, 5.74) is 0.549. The first-order valence-electron chi connectivity index (χ1n) is 10.8. The van der Waals surface area contributed by atoms with E-state index in [-0.39, 0.29) is 18.2 Å². The van der Waals surface area contributed by atoms with Gasteiger partial charge in [-0.25, -0.2) is 0 Å². The summed E-state index contributed by atoms with van der Waals surface area (Å²) in [5, 5.41) is 12.4. The number of benzene rings is 2. The van der Waals surface area contributed by atoms with Gasteiger partial charge in [-0.15, -0.1) is 11.3 Å². The molecule has 3 aromatic rings. The number of fused-ring (bicyclic) bond motifs is 1. The van der Waals surface area contributed by atoms with Gasteiger partial charge in [-0.3, -0.25) is 14.4 Å². The zero-order chi connectivity index (χ0) is 23.6. The lowest BCUT2D eigenvalue weighted by Crippen LogP contribution is -2.67. The smallest absolute Gasteiger partial charge is 0.303 e. The summed E-state index contributed by atoms with van der Waals surface area (Å²) in [6.07, 6.45) is 0.883. The van der Waals surface area contributed by atoms with Crippen molar-refractivity contribution in [1.29, 1.82) is 0 Å². The van der Waals surface area contributed by atoms with Gasteiger partial charge < -0.3 is 14.9 Å². The molecule has 6 nitrogen and oxygen atoms in total. The summed E-state index contributed by atoms with van der Waals surface area (Å²) in [5.74, 6) is -1.21. The van der Waals surface area contributed by atoms with E-state index in [1.165, 1.54) is 11.3 Å². The van der Waals surface area contributed by atoms with Crippen molar-refractivity contribution in [3.63, 3.8) is 0 Å². The van der Waals surface area contributed by atoms with E-state index in [0.29, 0.717) is 43.1 Å². The SMILES string of the molecule is CC1(C(=O)N(CCCC(=O)O)Cc2ccc(Cl)cc2)CCN1C(=O)c1csc2ccccc12. The second-order valence-electron chi connectivity index (χ2n) is 8.48. The first-order valence-corrected chi connectivity index (χ1v) is 12.1. The van der Waals surface area contributed by atoms with Crippen molar-refractivity contribution >= 4 is 50.8 Å². The molecule has 0 bridgehead atoms. The molecule has 0 spiro atoms. The fourth-order valence-electron chi connectivity index (χ4n) is 4.22. The lowest BCUT2D eigenvalue weighted by atomic mass is 9.84. The highest BCUT2D eigenvalue weighted by Crippen LogP contribution is 2.36. The monoisotopic (exact) mass is 484 g/mol. The number of rotatable bonds is 8. The van der Waals surface area contributed by atoms with Crippen LogP contribution in [0, 0.1) is 0 Å². The minimum absolute atomic E-state index is 0.0232. The molecule has 1 aliphatic heterocycles. The Morgan fingerprint density at radius 3 is 2.55 bits per heavy atom. The largest absolute Gasteiger partial charge is 0.481 e. The number of carboxylic acid groups (broad SMARTS) is 1. The summed E-state index contributed by atoms with van der Waals surface area (Å²) in [6.45, 7) is 2.94. The molecule has 0 radical (unpaired) electrons. The molecule has 1 aromatic heterocycles. The fraction of sp³-hybridized carbons (Fsp3) is 0.320. The van der Waals surface area contributed by atoms with E-state index in [1.54, 1.807) is 28.9 Å². The molecule has 1 unspecified atom stereocenters. The van der Waals surface area contributed by atoms with E-state index in [1.807, 2.05) is 41.8 Å². The molecule has 0 aliphatic carbocycles. The maximum Gasteiger partial charge on any atom is 0.303 e. The van der Waals surface area contributed by atoms with Crippen LogP contribution in [-0.2, 0) is 16.1 Å². The Balaban J connectivity index is 1.56. The van der Waals surface area contributed by atoms with Crippen LogP contribution in [0.1, 0.15) is 42.1 Å². The molecule has 2 amide bonds. The predicted octanol–water partition coefficient (Wildman–Crippen LogP) is 5.05. The van der Waals surface area contributed by atoms with Gasteiger partial charge in [0.15, 0.2) is 0 Å². The zero-order valence-corrected chi connectivity index (χ0v) is 19.9. The molecule has 8 heteroatoms. The van der Waals surface area contributed by atoms with Crippen LogP contribution in [0.3, 0.4) is 0 Å². The van der Waals surface area contributed by atoms with Crippen LogP contribution in [0.5, 0.6) is 0 Å². The van der Waals surface area contributed by atoms with Crippen LogP contribution in [-0.4, -0.2) is 51.3 Å². The Kier molecular flexibility index (Phi) is 6.72. The average molecular weight is 485 g/mol. The van der Waals surface area contributed by atoms with Crippen LogP contribution in [0.4, 0.5) is 0 Å². The highest BCUT2D eigenvalue weighted by atomic mass is 35.5. The van der Waals surface area contributed by atoms with Gasteiger partial charge in [0.1, 0.15) is 5.54 Å². The molecule has 2 aromatic carbocycles. The number of carbonyl (C=O) groups excluding carboxylic acids is 2. The normalized spacial score (nSPS) is 17.6. The van der Waals surface area contributed by atoms with Crippen LogP contribution >= 0.6 is 22.9 Å². The average Bonchev–Trinajstić information content (AvgIpc) is 3.22. The minimum atomic E-state index is -0.963. The third-order valence-corrected chi connectivity index (χ3v) is 7.44. The summed E-state index contributed by atoms with van der Waals surface area (Å²) in [7, 11) is 0. The summed E-state index contributed by atoms with van der Waals surface area (Å²) in [6, 6.07) is 15.0. The Bertz CT molecular complexity index is 1190. The van der Waals surface area contributed by atoms with Gasteiger partial charge in [-0.05, 0) is 43.5 Å². The van der Waals surface area contributed by atoms with Gasteiger partial charge in [0, 0.05) is 46.5 Å². The van der Waals surface area contributed by atoms with Crippen molar-refractivity contribution in [3.8, 4) is 0 Å². The van der Waals surface area contributed by atoms with Gasteiger partial charge >= 0.3 is 5.97 Å². The maximum atomic E-state index is 13.7. The highest BCUT2D eigenvalue weighted by molar-refractivity contribution is 7.17. The first-order chi connectivity index (χ1) is 15.8. The quantitative estimate of drug-likeness (QED) is 0.485. The molecule has 2 heterocycles. The lowest BCUT2D eigenvalue weighted by molar-refractivity contribution is -0.150. The van der Waals surface area contributed by atoms with Gasteiger partial charge in [-0.1, -0.05) is 41.9 Å². The van der Waals surface area contributed by atoms with Crippen molar-refractivity contribution in [2.45, 2.75) is 38.3 Å². The van der Waals surface area contributed by atoms with E-state index in [0.717, 1.165) is 15.6 Å². The number of hydrogen-bond donors (Lipinski definition) is 1. The third-order valence-electron chi connectivity index (χ3n) is 6.23. The lowest BCUT2D eigenvalue weighted by Gasteiger charge is -2.51. The molecule has 4 rings (SSSR count). The van der Waals surface area contributed by atoms with E-state index >= 15 is 0 Å². The molecule has 1 atom stereocenters. The van der Waals surface area contributed by atoms with Gasteiger partial charge in [0.2, 0.25) is 5.91 Å². The van der Waals surface area contributed by atoms with Crippen molar-refractivity contribution in [3.05, 3.63) is 70.1 Å². The molecular formula is C25H25ClN2O4S. The topological polar surface area (TPSA) is 77.9 Å². The Morgan fingerprint density at radius 2 is 1.88 bits per heavy atom. The molecular weight excluding hydrogens is 460 g/mol. The second-order valence-corrected chi connectivity index (χ2v) is 9.82. The van der Waals surface area contributed by atoms with E-state index < -0.39 is 11.5 Å². The van der Waals surface area contributed by atoms with Gasteiger partial charge in [-0.2, -0.15) is 0 Å². The van der Waals surface area contributed by atoms with Crippen molar-refractivity contribution in [1.82, 2.24) is 9.80 Å². The number of carboxylic acids is 1. The minimum Gasteiger partial charge on any atom is -0.481 e. The number of nitrogens with zero attached hydrogens (tertiary/aromatic N) is 2. The zero-order valence-electron chi connectivity index (χ0n) is 18.3. The summed E-state index contributed by atoms with van der Waals surface area (Å²) in [4.78, 5) is 41.5. The fourth-order valence-corrected chi connectivity index (χ4v) is 5.28. The number of thiophene rings is 1. The Hall–Kier alpha value is -2.90. The Morgan fingerprint density at radius 1 is 1.15 bits per heavy atom. The molecule has 1 saturated heterocycles. The molecule has 1 aliphatic rings. The van der Waals surface area contributed by atoms with E-state index in [4.69, 9.17) is 16.7 Å². The molecule has 172 valence electrons. The number of likely N-dealkylation sites (tertiary alicyclic amines) is 1. The number of halogens is 1. The van der Waals surface area contributed by atoms with E-state index in [2.05, 4.69) is 0 Å². The highest BCUT2D eigenvalue weighted by Gasteiger charge is 2.51. The van der Waals surface area contributed by atoms with Gasteiger partial charge in [0.05, 0.1) is 5.56 Å². The number of carbonyl (C=O) groups is 3. The molecule has 1 N–H and O–H groups in total. The first kappa shape index (κ1) is 23.3. The summed E-state index contributed by atoms with van der Waals surface area (Å²) < 4.78 is 1.03. The van der Waals surface area contributed by atoms with Gasteiger partial charge in [0.25, 0.3) is 5.91 Å².